The van der Waals surface area contributed by atoms with Gasteiger partial charge in [0.25, 0.3) is 5.91 Å². The van der Waals surface area contributed by atoms with Gasteiger partial charge in [0, 0.05) is 60.4 Å². The zero-order chi connectivity index (χ0) is 43.3. The molecule has 63 heavy (non-hydrogen) atoms. The van der Waals surface area contributed by atoms with Crippen molar-refractivity contribution in [3.8, 4) is 17.2 Å². The summed E-state index contributed by atoms with van der Waals surface area (Å²) >= 11 is 0. The minimum Gasteiger partial charge on any atom is -0.381 e. The van der Waals surface area contributed by atoms with Gasteiger partial charge in [0.05, 0.1) is 41.4 Å². The van der Waals surface area contributed by atoms with E-state index in [1.165, 1.54) is 14.7 Å². The van der Waals surface area contributed by atoms with E-state index >= 15 is 9.18 Å². The van der Waals surface area contributed by atoms with Crippen molar-refractivity contribution in [3.63, 3.8) is 0 Å². The van der Waals surface area contributed by atoms with Crippen LogP contribution in [0.5, 0.6) is 0 Å². The second kappa shape index (κ2) is 14.6. The highest BCUT2D eigenvalue weighted by Gasteiger charge is 2.52. The van der Waals surface area contributed by atoms with Gasteiger partial charge >= 0.3 is 11.4 Å². The summed E-state index contributed by atoms with van der Waals surface area (Å²) in [5.41, 5.74) is 5.44. The highest BCUT2D eigenvalue weighted by Crippen LogP contribution is 2.51. The molecular weight excluding hydrogens is 811 g/mol. The molecule has 1 saturated carbocycles. The molecule has 8 aromatic rings. The van der Waals surface area contributed by atoms with E-state index in [1.54, 1.807) is 60.0 Å². The SMILES string of the molecule is Cc1cc(-n2nc3c(c2-n2ccn(-c4ccc5c(cnn5CCF)c4)c2=O)[C@H](C)N(C(=O)c2cc4cc(C5CCOCC5)ccc4n2C2(c4noc(=O)[nH]4)CC2)CC3)cc(C)c1F. The van der Waals surface area contributed by atoms with Gasteiger partial charge in [0.2, 0.25) is 0 Å². The monoisotopic (exact) mass is 854 g/mol. The van der Waals surface area contributed by atoms with Gasteiger partial charge in [0.15, 0.2) is 5.82 Å². The number of imidazole rings is 1. The summed E-state index contributed by atoms with van der Waals surface area (Å²) in [5.74, 6) is -0.0793. The van der Waals surface area contributed by atoms with Crippen LogP contribution in [0, 0.1) is 19.7 Å². The number of alkyl halides is 1. The predicted octanol–water partition coefficient (Wildman–Crippen LogP) is 6.71. The van der Waals surface area contributed by atoms with Crippen LogP contribution in [0.4, 0.5) is 8.78 Å². The highest BCUT2D eigenvalue weighted by molar-refractivity contribution is 6.00. The normalized spacial score (nSPS) is 17.5. The number of aromatic nitrogens is 9. The fraction of sp³-hybridized carbons (Fsp3) is 0.348. The molecule has 0 radical (unpaired) electrons. The summed E-state index contributed by atoms with van der Waals surface area (Å²) in [4.78, 5) is 46.9. The van der Waals surface area contributed by atoms with Gasteiger partial charge in [-0.25, -0.2) is 23.1 Å². The van der Waals surface area contributed by atoms with E-state index in [0.717, 1.165) is 34.6 Å². The van der Waals surface area contributed by atoms with E-state index in [0.29, 0.717) is 96.0 Å². The van der Waals surface area contributed by atoms with Gasteiger partial charge in [0.1, 0.15) is 29.5 Å². The molecule has 0 unspecified atom stereocenters. The van der Waals surface area contributed by atoms with E-state index in [1.807, 2.05) is 34.6 Å². The first-order chi connectivity index (χ1) is 30.5. The number of hydrogen-bond donors (Lipinski definition) is 1. The number of ether oxygens (including phenoxy) is 1. The second-order valence-corrected chi connectivity index (χ2v) is 17.1. The van der Waals surface area contributed by atoms with Gasteiger partial charge < -0.3 is 14.2 Å². The minimum absolute atomic E-state index is 0.122. The molecule has 15 nitrogen and oxygen atoms in total. The fourth-order valence-corrected chi connectivity index (χ4v) is 10.0. The third kappa shape index (κ3) is 6.14. The number of nitrogens with one attached hydrogen (secondary N) is 1. The Morgan fingerprint density at radius 3 is 2.43 bits per heavy atom. The maximum atomic E-state index is 15.4. The van der Waals surface area contributed by atoms with Gasteiger partial charge in [-0.15, -0.1) is 0 Å². The van der Waals surface area contributed by atoms with Crippen LogP contribution in [-0.4, -0.2) is 80.6 Å². The number of carbonyl (C=O) groups excluding carboxylic acids is 1. The molecule has 1 aliphatic carbocycles. The Hall–Kier alpha value is -6.88. The lowest BCUT2D eigenvalue weighted by Crippen LogP contribution is -2.41. The predicted molar refractivity (Wildman–Crippen MR) is 229 cm³/mol. The number of carbonyl (C=O) groups is 1. The largest absolute Gasteiger partial charge is 0.438 e. The van der Waals surface area contributed by atoms with Gasteiger partial charge in [-0.2, -0.15) is 10.2 Å². The molecule has 17 heteroatoms. The van der Waals surface area contributed by atoms with Crippen LogP contribution in [-0.2, 0) is 23.2 Å². The third-order valence-corrected chi connectivity index (χ3v) is 13.3. The molecule has 11 rings (SSSR count). The number of hydrogen-bond acceptors (Lipinski definition) is 8. The Bertz CT molecular complexity index is 3220. The topological polar surface area (TPSA) is 156 Å². The van der Waals surface area contributed by atoms with E-state index in [2.05, 4.69) is 33.4 Å². The smallest absolute Gasteiger partial charge is 0.381 e. The minimum atomic E-state index is -0.789. The first kappa shape index (κ1) is 39.0. The van der Waals surface area contributed by atoms with Crippen molar-refractivity contribution in [2.75, 3.05) is 26.4 Å². The third-order valence-electron chi connectivity index (χ3n) is 13.3. The van der Waals surface area contributed by atoms with Gasteiger partial charge in [-0.1, -0.05) is 11.2 Å². The lowest BCUT2D eigenvalue weighted by molar-refractivity contribution is 0.0664. The van der Waals surface area contributed by atoms with E-state index in [9.17, 15) is 14.0 Å². The molecule has 0 bridgehead atoms. The quantitative estimate of drug-likeness (QED) is 0.168. The van der Waals surface area contributed by atoms with E-state index in [-0.39, 0.29) is 18.3 Å². The Kier molecular flexibility index (Phi) is 9.04. The van der Waals surface area contributed by atoms with Crippen LogP contribution >= 0.6 is 0 Å². The van der Waals surface area contributed by atoms with Crippen LogP contribution in [0.25, 0.3) is 39.0 Å². The number of H-pyrrole nitrogens is 1. The van der Waals surface area contributed by atoms with Crippen molar-refractivity contribution in [2.24, 2.45) is 0 Å². The molecule has 322 valence electrons. The Balaban J connectivity index is 1.04. The van der Waals surface area contributed by atoms with Crippen molar-refractivity contribution >= 4 is 27.7 Å². The Morgan fingerprint density at radius 1 is 0.937 bits per heavy atom. The Morgan fingerprint density at radius 2 is 1.70 bits per heavy atom. The van der Waals surface area contributed by atoms with Crippen LogP contribution < -0.4 is 11.4 Å². The first-order valence-corrected chi connectivity index (χ1v) is 21.4. The molecule has 3 aliphatic rings. The molecule has 1 saturated heterocycles. The number of aromatic amines is 1. The fourth-order valence-electron chi connectivity index (χ4n) is 10.0. The van der Waals surface area contributed by atoms with Crippen molar-refractivity contribution in [3.05, 3.63) is 140 Å². The number of rotatable bonds is 9. The average Bonchev–Trinajstić information content (AvgIpc) is 3.76. The Labute approximate surface area is 358 Å². The van der Waals surface area contributed by atoms with Crippen molar-refractivity contribution < 1.29 is 22.8 Å². The molecule has 1 atom stereocenters. The average molecular weight is 855 g/mol. The lowest BCUT2D eigenvalue weighted by atomic mass is 9.91. The van der Waals surface area contributed by atoms with E-state index < -0.39 is 29.7 Å². The first-order valence-electron chi connectivity index (χ1n) is 21.4. The number of halogens is 2. The molecule has 2 fully saturated rings. The molecule has 2 aliphatic heterocycles. The zero-order valence-electron chi connectivity index (χ0n) is 35.0. The maximum Gasteiger partial charge on any atom is 0.438 e. The van der Waals surface area contributed by atoms with Gasteiger partial charge in [-0.05, 0) is 118 Å². The van der Waals surface area contributed by atoms with Crippen molar-refractivity contribution in [1.29, 1.82) is 0 Å². The summed E-state index contributed by atoms with van der Waals surface area (Å²) in [6.45, 7) is 6.63. The van der Waals surface area contributed by atoms with Crippen LogP contribution in [0.3, 0.4) is 0 Å². The molecule has 1 amide bonds. The number of benzene rings is 3. The number of aryl methyl sites for hydroxylation is 3. The molecule has 7 heterocycles. The van der Waals surface area contributed by atoms with Crippen LogP contribution in [0.15, 0.2) is 87.3 Å². The molecule has 3 aromatic carbocycles. The van der Waals surface area contributed by atoms with Crippen molar-refractivity contribution in [1.82, 2.24) is 48.3 Å². The standard InChI is InChI=1S/C46H44F2N10O5/c1-26-20-34(21-27(2)40(26)48)58-41(55-17-16-54(45(55)61)33-5-7-36-32(23-33)25-49-56(36)15-13-47)39-28(3)53(14-8-35(39)51-58)42(59)38-24-31-22-30(29-9-18-62-19-10-29)4-6-37(31)57(38)46(11-12-46)43-50-44(60)63-52-43/h4-7,16-17,20-25,28-29H,8-15,18-19H2,1-3H3,(H,50,52,60)/t28-/m0/s1. The molecule has 5 aromatic heterocycles. The van der Waals surface area contributed by atoms with E-state index in [4.69, 9.17) is 14.4 Å². The lowest BCUT2D eigenvalue weighted by Gasteiger charge is -2.34. The summed E-state index contributed by atoms with van der Waals surface area (Å²) in [5, 5.41) is 15.2. The second-order valence-electron chi connectivity index (χ2n) is 17.1. The number of nitrogens with zero attached hydrogens (tertiary/aromatic N) is 9. The molecule has 1 N–H and O–H groups in total. The van der Waals surface area contributed by atoms with Crippen molar-refractivity contribution in [2.45, 2.75) is 76.9 Å². The van der Waals surface area contributed by atoms with Gasteiger partial charge in [-0.3, -0.25) is 28.1 Å². The number of amides is 1. The van der Waals surface area contributed by atoms with Crippen LogP contribution in [0.2, 0.25) is 0 Å². The number of fused-ring (bicyclic) bond motifs is 3. The summed E-state index contributed by atoms with van der Waals surface area (Å²) in [6.07, 6.45) is 8.49. The maximum absolute atomic E-state index is 15.4. The summed E-state index contributed by atoms with van der Waals surface area (Å²) < 4.78 is 47.3. The molecular formula is C46H44F2N10O5. The molecule has 0 spiro atoms. The summed E-state index contributed by atoms with van der Waals surface area (Å²) in [7, 11) is 0. The summed E-state index contributed by atoms with van der Waals surface area (Å²) in [6, 6.07) is 16.6. The zero-order valence-corrected chi connectivity index (χ0v) is 35.0. The highest BCUT2D eigenvalue weighted by atomic mass is 19.1. The van der Waals surface area contributed by atoms with Crippen LogP contribution in [0.1, 0.15) is 88.8 Å².